The molecule has 2 N–H and O–H groups in total. The number of halogens is 1. The summed E-state index contributed by atoms with van der Waals surface area (Å²) in [7, 11) is 1.67. The predicted molar refractivity (Wildman–Crippen MR) is 121 cm³/mol. The Hall–Kier alpha value is -4.20. The van der Waals surface area contributed by atoms with E-state index in [1.165, 1.54) is 21.4 Å². The summed E-state index contributed by atoms with van der Waals surface area (Å²) >= 11 is 0. The number of hydrogen-bond acceptors (Lipinski definition) is 3. The molecule has 0 unspecified atom stereocenters. The van der Waals surface area contributed by atoms with Crippen molar-refractivity contribution in [2.45, 2.75) is 12.8 Å². The molecule has 5 rings (SSSR count). The maximum Gasteiger partial charge on any atom is 0.277 e. The molecule has 0 saturated heterocycles. The van der Waals surface area contributed by atoms with Gasteiger partial charge in [-0.1, -0.05) is 24.3 Å². The molecule has 0 spiro atoms. The summed E-state index contributed by atoms with van der Waals surface area (Å²) in [5.74, 6) is 0.0364. The van der Waals surface area contributed by atoms with Crippen LogP contribution < -0.4 is 11.1 Å². The number of benzene rings is 2. The number of nitrogens with zero attached hydrogens (tertiary/aromatic N) is 3. The first-order valence-corrected chi connectivity index (χ1v) is 10.2. The molecule has 8 heteroatoms. The molecule has 3 aromatic heterocycles. The lowest BCUT2D eigenvalue weighted by molar-refractivity contribution is 0.627. The molecule has 0 amide bonds. The number of hydrogen-bond donors (Lipinski definition) is 2. The van der Waals surface area contributed by atoms with Gasteiger partial charge in [-0.25, -0.2) is 9.37 Å². The van der Waals surface area contributed by atoms with Crippen molar-refractivity contribution in [1.29, 1.82) is 0 Å². The molecule has 0 fully saturated rings. The summed E-state index contributed by atoms with van der Waals surface area (Å²) in [4.78, 5) is 33.9. The second-order valence-electron chi connectivity index (χ2n) is 7.65. The van der Waals surface area contributed by atoms with Crippen molar-refractivity contribution >= 4 is 11.0 Å². The molecule has 3 heterocycles. The molecule has 0 aliphatic rings. The van der Waals surface area contributed by atoms with Crippen molar-refractivity contribution < 1.29 is 4.39 Å². The molecule has 160 valence electrons. The minimum atomic E-state index is -0.309. The summed E-state index contributed by atoms with van der Waals surface area (Å²) in [5, 5.41) is 3.09. The van der Waals surface area contributed by atoms with Crippen LogP contribution in [0, 0.1) is 5.82 Å². The van der Waals surface area contributed by atoms with E-state index >= 15 is 0 Å². The number of nitrogens with one attached hydrogen (secondary N) is 2. The highest BCUT2D eigenvalue weighted by atomic mass is 19.1. The summed E-state index contributed by atoms with van der Waals surface area (Å²) < 4.78 is 16.1. The Bertz CT molecular complexity index is 1510. The molecule has 5 aromatic rings. The highest BCUT2D eigenvalue weighted by Crippen LogP contribution is 2.20. The summed E-state index contributed by atoms with van der Waals surface area (Å²) in [6.45, 7) is 0. The van der Waals surface area contributed by atoms with Crippen LogP contribution >= 0.6 is 0 Å². The van der Waals surface area contributed by atoms with Crippen LogP contribution in [0.25, 0.3) is 28.2 Å². The van der Waals surface area contributed by atoms with Crippen LogP contribution in [-0.4, -0.2) is 24.3 Å². The van der Waals surface area contributed by atoms with Gasteiger partial charge in [0.2, 0.25) is 5.95 Å². The maximum absolute atomic E-state index is 13.4. The van der Waals surface area contributed by atoms with Gasteiger partial charge in [-0.2, -0.15) is 4.68 Å². The largest absolute Gasteiger partial charge is 0.322 e. The zero-order valence-electron chi connectivity index (χ0n) is 17.3. The van der Waals surface area contributed by atoms with E-state index < -0.39 is 0 Å². The van der Waals surface area contributed by atoms with Crippen LogP contribution in [0.5, 0.6) is 0 Å². The second kappa shape index (κ2) is 7.81. The summed E-state index contributed by atoms with van der Waals surface area (Å²) in [6, 6.07) is 17.1. The Kier molecular flexibility index (Phi) is 4.82. The van der Waals surface area contributed by atoms with E-state index in [0.29, 0.717) is 35.6 Å². The quantitative estimate of drug-likeness (QED) is 0.449. The van der Waals surface area contributed by atoms with Crippen LogP contribution in [0.3, 0.4) is 0 Å². The fourth-order valence-corrected chi connectivity index (χ4v) is 3.83. The Morgan fingerprint density at radius 2 is 1.72 bits per heavy atom. The third-order valence-corrected chi connectivity index (χ3v) is 5.54. The fraction of sp³-hybridized carbons (Fsp3) is 0.125. The highest BCUT2D eigenvalue weighted by molar-refractivity contribution is 5.76. The highest BCUT2D eigenvalue weighted by Gasteiger charge is 2.20. The van der Waals surface area contributed by atoms with Crippen molar-refractivity contribution in [2.24, 2.45) is 7.05 Å². The SMILES string of the molecule is Cn1cccc(-c2[nH]n(-c3nc4ccccc4[nH]3)c(=O)c2CCc2ccc(F)cc2)c1=O. The molecule has 0 aliphatic heterocycles. The normalized spacial score (nSPS) is 11.3. The van der Waals surface area contributed by atoms with E-state index in [1.807, 2.05) is 24.3 Å². The topological polar surface area (TPSA) is 88.5 Å². The second-order valence-corrected chi connectivity index (χ2v) is 7.65. The van der Waals surface area contributed by atoms with Gasteiger partial charge in [0.1, 0.15) is 5.82 Å². The molecule has 7 nitrogen and oxygen atoms in total. The molecule has 0 atom stereocenters. The first-order chi connectivity index (χ1) is 15.5. The lowest BCUT2D eigenvalue weighted by atomic mass is 10.0. The van der Waals surface area contributed by atoms with Crippen LogP contribution in [0.15, 0.2) is 76.4 Å². The van der Waals surface area contributed by atoms with Gasteiger partial charge in [-0.05, 0) is 54.8 Å². The van der Waals surface area contributed by atoms with E-state index in [0.717, 1.165) is 16.6 Å². The number of rotatable bonds is 5. The number of aromatic amines is 2. The number of H-pyrrole nitrogens is 2. The van der Waals surface area contributed by atoms with Gasteiger partial charge >= 0.3 is 0 Å². The third-order valence-electron chi connectivity index (χ3n) is 5.54. The van der Waals surface area contributed by atoms with Gasteiger partial charge in [-0.15, -0.1) is 0 Å². The lowest BCUT2D eigenvalue weighted by Gasteiger charge is -2.05. The van der Waals surface area contributed by atoms with Gasteiger partial charge in [0, 0.05) is 18.8 Å². The van der Waals surface area contributed by atoms with Gasteiger partial charge in [0.25, 0.3) is 11.1 Å². The van der Waals surface area contributed by atoms with Crippen molar-refractivity contribution in [2.75, 3.05) is 0 Å². The zero-order chi connectivity index (χ0) is 22.2. The standard InChI is InChI=1S/C24H20FN5O2/c1-29-14-4-5-17(22(29)31)21-18(13-10-15-8-11-16(25)12-9-15)23(32)30(28-21)24-26-19-6-2-3-7-20(19)27-24/h2-9,11-12,14,28H,10,13H2,1H3,(H,26,27). The van der Waals surface area contributed by atoms with E-state index in [-0.39, 0.29) is 16.9 Å². The van der Waals surface area contributed by atoms with Crippen molar-refractivity contribution in [3.8, 4) is 17.2 Å². The van der Waals surface area contributed by atoms with Crippen LogP contribution in [0.4, 0.5) is 4.39 Å². The maximum atomic E-state index is 13.4. The first kappa shape index (κ1) is 19.7. The molecule has 0 radical (unpaired) electrons. The number of para-hydroxylation sites is 2. The number of fused-ring (bicyclic) bond motifs is 1. The first-order valence-electron chi connectivity index (χ1n) is 10.2. The molecule has 0 bridgehead atoms. The zero-order valence-corrected chi connectivity index (χ0v) is 17.3. The average molecular weight is 429 g/mol. The molecular formula is C24H20FN5O2. The van der Waals surface area contributed by atoms with E-state index in [4.69, 9.17) is 0 Å². The number of imidazole rings is 1. The Balaban J connectivity index is 1.64. The molecule has 0 saturated carbocycles. The van der Waals surface area contributed by atoms with Crippen LogP contribution in [-0.2, 0) is 19.9 Å². The Morgan fingerprint density at radius 3 is 2.50 bits per heavy atom. The number of aryl methyl sites for hydroxylation is 2. The average Bonchev–Trinajstić information content (AvgIpc) is 3.36. The van der Waals surface area contributed by atoms with E-state index in [1.54, 1.807) is 37.5 Å². The lowest BCUT2D eigenvalue weighted by Crippen LogP contribution is -2.19. The van der Waals surface area contributed by atoms with Crippen molar-refractivity contribution in [3.05, 3.63) is 105 Å². The van der Waals surface area contributed by atoms with Gasteiger partial charge in [0.15, 0.2) is 0 Å². The van der Waals surface area contributed by atoms with E-state index in [2.05, 4.69) is 15.1 Å². The smallest absolute Gasteiger partial charge is 0.277 e. The number of pyridine rings is 1. The van der Waals surface area contributed by atoms with Gasteiger partial charge < -0.3 is 9.55 Å². The molecular weight excluding hydrogens is 409 g/mol. The monoisotopic (exact) mass is 429 g/mol. The van der Waals surface area contributed by atoms with Crippen molar-refractivity contribution in [1.82, 2.24) is 24.3 Å². The van der Waals surface area contributed by atoms with Gasteiger partial charge in [0.05, 0.1) is 22.3 Å². The fourth-order valence-electron chi connectivity index (χ4n) is 3.83. The Labute approximate surface area is 181 Å². The predicted octanol–water partition coefficient (Wildman–Crippen LogP) is 3.33. The molecule has 32 heavy (non-hydrogen) atoms. The van der Waals surface area contributed by atoms with Crippen LogP contribution in [0.1, 0.15) is 11.1 Å². The Morgan fingerprint density at radius 1 is 0.938 bits per heavy atom. The minimum Gasteiger partial charge on any atom is -0.322 e. The van der Waals surface area contributed by atoms with Crippen molar-refractivity contribution in [3.63, 3.8) is 0 Å². The minimum absolute atomic E-state index is 0.214. The summed E-state index contributed by atoms with van der Waals surface area (Å²) in [6.07, 6.45) is 2.56. The number of aromatic nitrogens is 5. The molecule has 2 aromatic carbocycles. The van der Waals surface area contributed by atoms with Gasteiger partial charge in [-0.3, -0.25) is 14.7 Å². The van der Waals surface area contributed by atoms with Crippen LogP contribution in [0.2, 0.25) is 0 Å². The summed E-state index contributed by atoms with van der Waals surface area (Å²) in [5.41, 5.74) is 3.26. The third kappa shape index (κ3) is 3.45. The molecule has 0 aliphatic carbocycles. The van der Waals surface area contributed by atoms with E-state index in [9.17, 15) is 14.0 Å².